The van der Waals surface area contributed by atoms with Crippen LogP contribution in [0.4, 0.5) is 17.6 Å². The lowest BCUT2D eigenvalue weighted by atomic mass is 9.74. The highest BCUT2D eigenvalue weighted by molar-refractivity contribution is 7.80. The van der Waals surface area contributed by atoms with E-state index in [-0.39, 0.29) is 5.41 Å². The fourth-order valence-corrected chi connectivity index (χ4v) is 6.49. The number of nitrogens with one attached hydrogen (secondary N) is 2. The Labute approximate surface area is 237 Å². The van der Waals surface area contributed by atoms with Crippen LogP contribution in [0.3, 0.4) is 0 Å². The summed E-state index contributed by atoms with van der Waals surface area (Å²) >= 11 is 12.1. The van der Waals surface area contributed by atoms with Crippen LogP contribution in [-0.2, 0) is 10.2 Å². The molecule has 5 rings (SSSR count). The van der Waals surface area contributed by atoms with Crippen molar-refractivity contribution in [2.24, 2.45) is 11.8 Å². The lowest BCUT2D eigenvalue weighted by Gasteiger charge is -2.38. The third-order valence-electron chi connectivity index (χ3n) is 8.36. The summed E-state index contributed by atoms with van der Waals surface area (Å²) in [4.78, 5) is 14.7. The summed E-state index contributed by atoms with van der Waals surface area (Å²) < 4.78 is 5.70. The first-order valence-electron chi connectivity index (χ1n) is 14.2. The Hall–Kier alpha value is -2.16. The highest BCUT2D eigenvalue weighted by atomic mass is 35.5. The molecule has 0 spiro atoms. The molecule has 3 fully saturated rings. The van der Waals surface area contributed by atoms with Crippen molar-refractivity contribution in [2.45, 2.75) is 57.8 Å². The molecule has 0 bridgehead atoms. The third kappa shape index (κ3) is 6.69. The molecule has 2 N–H and O–H groups in total. The Bertz CT molecular complexity index is 1070. The van der Waals surface area contributed by atoms with Gasteiger partial charge in [0.15, 0.2) is 5.11 Å². The van der Waals surface area contributed by atoms with Crippen LogP contribution in [0.2, 0.25) is 5.02 Å². The minimum atomic E-state index is -0.0867. The van der Waals surface area contributed by atoms with Crippen molar-refractivity contribution in [2.75, 3.05) is 61.1 Å². The smallest absolute Gasteiger partial charge is 0.232 e. The predicted molar refractivity (Wildman–Crippen MR) is 161 cm³/mol. The number of aromatic nitrogens is 2. The highest BCUT2D eigenvalue weighted by Gasteiger charge is 2.35. The molecule has 206 valence electrons. The molecule has 2 atom stereocenters. The number of ether oxygens (including phenoxy) is 1. The molecule has 2 aromatic rings. The number of hydrogen-bond donors (Lipinski definition) is 2. The van der Waals surface area contributed by atoms with Crippen molar-refractivity contribution < 1.29 is 4.74 Å². The molecule has 0 unspecified atom stereocenters. The van der Waals surface area contributed by atoms with Gasteiger partial charge in [0.1, 0.15) is 11.6 Å². The van der Waals surface area contributed by atoms with Crippen molar-refractivity contribution in [1.29, 1.82) is 0 Å². The van der Waals surface area contributed by atoms with Crippen LogP contribution in [0.15, 0.2) is 30.3 Å². The van der Waals surface area contributed by atoms with E-state index in [1.165, 1.54) is 31.2 Å². The lowest BCUT2D eigenvalue weighted by Crippen LogP contribution is -2.45. The maximum absolute atomic E-state index is 6.36. The van der Waals surface area contributed by atoms with E-state index in [0.717, 1.165) is 68.9 Å². The first-order valence-corrected chi connectivity index (χ1v) is 15.0. The summed E-state index contributed by atoms with van der Waals surface area (Å²) in [5.74, 6) is 3.88. The van der Waals surface area contributed by atoms with Crippen molar-refractivity contribution in [1.82, 2.24) is 15.3 Å². The zero-order valence-corrected chi connectivity index (χ0v) is 24.3. The second-order valence-corrected chi connectivity index (χ2v) is 12.4. The summed E-state index contributed by atoms with van der Waals surface area (Å²) in [6.07, 6.45) is 6.77. The van der Waals surface area contributed by atoms with E-state index < -0.39 is 0 Å². The van der Waals surface area contributed by atoms with Gasteiger partial charge in [-0.1, -0.05) is 37.6 Å². The maximum Gasteiger partial charge on any atom is 0.232 e. The average Bonchev–Trinajstić information content (AvgIpc) is 2.92. The zero-order valence-electron chi connectivity index (χ0n) is 22.7. The van der Waals surface area contributed by atoms with Crippen LogP contribution in [0.5, 0.6) is 0 Å². The first-order chi connectivity index (χ1) is 18.4. The molecule has 3 saturated heterocycles. The lowest BCUT2D eigenvalue weighted by molar-refractivity contribution is 0.0515. The summed E-state index contributed by atoms with van der Waals surface area (Å²) in [5, 5.41) is 8.11. The molecule has 9 heteroatoms. The molecule has 1 aromatic carbocycles. The largest absolute Gasteiger partial charge is 0.381 e. The summed E-state index contributed by atoms with van der Waals surface area (Å²) in [5.41, 5.74) is 1.14. The molecular weight excluding hydrogens is 516 g/mol. The third-order valence-corrected chi connectivity index (χ3v) is 8.84. The monoisotopic (exact) mass is 556 g/mol. The Morgan fingerprint density at radius 2 is 1.66 bits per heavy atom. The number of thiocarbonyl (C=S) groups is 1. The van der Waals surface area contributed by atoms with Crippen LogP contribution in [-0.4, -0.2) is 61.0 Å². The van der Waals surface area contributed by atoms with Crippen LogP contribution >= 0.6 is 23.8 Å². The zero-order chi connectivity index (χ0) is 26.5. The highest BCUT2D eigenvalue weighted by Crippen LogP contribution is 2.35. The van der Waals surface area contributed by atoms with Crippen molar-refractivity contribution in [3.8, 4) is 0 Å². The van der Waals surface area contributed by atoms with E-state index >= 15 is 0 Å². The van der Waals surface area contributed by atoms with Crippen LogP contribution in [0.25, 0.3) is 0 Å². The van der Waals surface area contributed by atoms with Gasteiger partial charge in [0.25, 0.3) is 0 Å². The van der Waals surface area contributed by atoms with E-state index in [2.05, 4.69) is 52.5 Å². The number of hydrogen-bond acceptors (Lipinski definition) is 6. The van der Waals surface area contributed by atoms with Crippen LogP contribution < -0.4 is 20.4 Å². The first kappa shape index (κ1) is 27.4. The number of anilines is 3. The molecule has 0 aliphatic carbocycles. The van der Waals surface area contributed by atoms with E-state index in [1.54, 1.807) is 0 Å². The van der Waals surface area contributed by atoms with Crippen molar-refractivity contribution in [3.05, 3.63) is 40.9 Å². The number of benzene rings is 1. The van der Waals surface area contributed by atoms with Gasteiger partial charge in [0.05, 0.1) is 0 Å². The minimum absolute atomic E-state index is 0.0867. The fourth-order valence-electron chi connectivity index (χ4n) is 6.14. The van der Waals surface area contributed by atoms with Gasteiger partial charge < -0.3 is 25.2 Å². The Morgan fingerprint density at radius 1 is 1.03 bits per heavy atom. The minimum Gasteiger partial charge on any atom is -0.381 e. The number of halogens is 1. The second-order valence-electron chi connectivity index (χ2n) is 11.5. The molecule has 38 heavy (non-hydrogen) atoms. The second kappa shape index (κ2) is 12.3. The van der Waals surface area contributed by atoms with E-state index in [9.17, 15) is 0 Å². The molecule has 0 saturated carbocycles. The van der Waals surface area contributed by atoms with Gasteiger partial charge in [-0.05, 0) is 80.3 Å². The van der Waals surface area contributed by atoms with Gasteiger partial charge in [-0.15, -0.1) is 0 Å². The van der Waals surface area contributed by atoms with Gasteiger partial charge >= 0.3 is 0 Å². The van der Waals surface area contributed by atoms with Gasteiger partial charge in [0.2, 0.25) is 5.95 Å². The Morgan fingerprint density at radius 3 is 2.24 bits per heavy atom. The molecule has 4 heterocycles. The summed E-state index contributed by atoms with van der Waals surface area (Å²) in [6.45, 7) is 10.9. The van der Waals surface area contributed by atoms with E-state index in [1.807, 2.05) is 12.1 Å². The summed E-state index contributed by atoms with van der Waals surface area (Å²) in [6, 6.07) is 10.4. The number of rotatable bonds is 6. The van der Waals surface area contributed by atoms with Crippen molar-refractivity contribution in [3.63, 3.8) is 0 Å². The Kier molecular flexibility index (Phi) is 8.91. The van der Waals surface area contributed by atoms with Gasteiger partial charge in [0, 0.05) is 62.4 Å². The quantitative estimate of drug-likeness (QED) is 0.443. The normalized spacial score (nSPS) is 23.7. The SMILES string of the molecule is C[C@H]1CCCN(c2cc(N3CCC[C@H](C)C3)nc(NC(=S)NCC3(c4cccc(Cl)c4)CCOCC3)n2)C1. The standard InChI is InChI=1S/C29H41ClN6OS/c1-21-6-4-12-35(18-21)25-17-26(36-13-5-7-22(2)19-36)33-27(32-25)34-28(38)31-20-29(10-14-37-15-11-29)23-8-3-9-24(30)16-23/h3,8-9,16-17,21-22H,4-7,10-15,18-20H2,1-2H3,(H2,31,32,33,34,38)/t21-,22-/m0/s1. The predicted octanol–water partition coefficient (Wildman–Crippen LogP) is 5.64. The molecule has 0 radical (unpaired) electrons. The molecule has 7 nitrogen and oxygen atoms in total. The fraction of sp³-hybridized carbons (Fsp3) is 0.621. The topological polar surface area (TPSA) is 65.5 Å². The number of piperidine rings is 2. The average molecular weight is 557 g/mol. The van der Waals surface area contributed by atoms with E-state index in [0.29, 0.717) is 29.4 Å². The van der Waals surface area contributed by atoms with Crippen LogP contribution in [0, 0.1) is 11.8 Å². The molecule has 3 aliphatic heterocycles. The van der Waals surface area contributed by atoms with Gasteiger partial charge in [-0.25, -0.2) is 0 Å². The van der Waals surface area contributed by atoms with Gasteiger partial charge in [-0.2, -0.15) is 9.97 Å². The van der Waals surface area contributed by atoms with Gasteiger partial charge in [-0.3, -0.25) is 0 Å². The molecule has 0 amide bonds. The molecule has 3 aliphatic rings. The van der Waals surface area contributed by atoms with Crippen molar-refractivity contribution >= 4 is 46.5 Å². The summed E-state index contributed by atoms with van der Waals surface area (Å²) in [7, 11) is 0. The Balaban J connectivity index is 1.33. The molecule has 1 aromatic heterocycles. The molecular formula is C29H41ClN6OS. The maximum atomic E-state index is 6.36. The number of nitrogens with zero attached hydrogens (tertiary/aromatic N) is 4. The van der Waals surface area contributed by atoms with Crippen LogP contribution in [0.1, 0.15) is 57.9 Å². The van der Waals surface area contributed by atoms with E-state index in [4.69, 9.17) is 38.5 Å².